The third-order valence-electron chi connectivity index (χ3n) is 12.5. The molecule has 362 valence electrons. The fourth-order valence-electron chi connectivity index (χ4n) is 8.34. The second-order valence-electron chi connectivity index (χ2n) is 19.8. The Morgan fingerprint density at radius 3 is 0.803 bits per heavy atom. The quantitative estimate of drug-likeness (QED) is 0.0344. The molecule has 0 saturated carbocycles. The van der Waals surface area contributed by atoms with Crippen molar-refractivity contribution in [2.75, 3.05) is 13.2 Å². The van der Waals surface area contributed by atoms with Gasteiger partial charge in [-0.25, -0.2) is 0 Å². The second kappa shape index (κ2) is 47.9. The van der Waals surface area contributed by atoms with Crippen LogP contribution in [-0.4, -0.2) is 37.2 Å². The van der Waals surface area contributed by atoms with Crippen molar-refractivity contribution >= 4 is 17.9 Å². The molecule has 6 nitrogen and oxygen atoms in total. The van der Waals surface area contributed by atoms with Crippen molar-refractivity contribution in [1.29, 1.82) is 0 Å². The van der Waals surface area contributed by atoms with Crippen LogP contribution < -0.4 is 0 Å². The topological polar surface area (TPSA) is 78.9 Å². The van der Waals surface area contributed by atoms with E-state index in [9.17, 15) is 14.4 Å². The number of unbranched alkanes of at least 4 members (excludes halogenated alkanes) is 34. The van der Waals surface area contributed by atoms with E-state index in [0.717, 1.165) is 69.6 Å². The molecule has 0 aromatic rings. The summed E-state index contributed by atoms with van der Waals surface area (Å²) in [6.07, 6.45) is 49.6. The lowest BCUT2D eigenvalue weighted by Gasteiger charge is -2.18. The molecule has 0 radical (unpaired) electrons. The molecule has 6 heteroatoms. The number of hydrogen-bond donors (Lipinski definition) is 0. The molecule has 61 heavy (non-hydrogen) atoms. The summed E-state index contributed by atoms with van der Waals surface area (Å²) in [6.45, 7) is 11.4. The average molecular weight is 863 g/mol. The van der Waals surface area contributed by atoms with Crippen LogP contribution in [0.4, 0.5) is 0 Å². The van der Waals surface area contributed by atoms with Gasteiger partial charge in [0.2, 0.25) is 0 Å². The molecule has 1 atom stereocenters. The molecule has 0 aliphatic heterocycles. The lowest BCUT2D eigenvalue weighted by atomic mass is 10.0. The van der Waals surface area contributed by atoms with Gasteiger partial charge in [-0.1, -0.05) is 266 Å². The van der Waals surface area contributed by atoms with Crippen LogP contribution in [0.1, 0.15) is 304 Å². The maximum Gasteiger partial charge on any atom is 0.306 e. The summed E-state index contributed by atoms with van der Waals surface area (Å²) < 4.78 is 16.8. The molecule has 0 aliphatic carbocycles. The Kier molecular flexibility index (Phi) is 46.6. The van der Waals surface area contributed by atoms with E-state index in [1.54, 1.807) is 0 Å². The molecule has 0 heterocycles. The summed E-state index contributed by atoms with van der Waals surface area (Å²) in [6, 6.07) is 0. The minimum absolute atomic E-state index is 0.0636. The highest BCUT2D eigenvalue weighted by atomic mass is 16.6. The summed E-state index contributed by atoms with van der Waals surface area (Å²) in [5.74, 6) is 0.820. The molecule has 0 rings (SSSR count). The van der Waals surface area contributed by atoms with E-state index in [-0.39, 0.29) is 31.1 Å². The van der Waals surface area contributed by atoms with Crippen molar-refractivity contribution in [2.24, 2.45) is 11.8 Å². The Labute approximate surface area is 380 Å². The van der Waals surface area contributed by atoms with Gasteiger partial charge < -0.3 is 14.2 Å². The number of rotatable bonds is 49. The predicted molar refractivity (Wildman–Crippen MR) is 261 cm³/mol. The van der Waals surface area contributed by atoms with Crippen molar-refractivity contribution in [3.63, 3.8) is 0 Å². The molecule has 0 aromatic carbocycles. The van der Waals surface area contributed by atoms with E-state index in [4.69, 9.17) is 14.2 Å². The van der Waals surface area contributed by atoms with Gasteiger partial charge in [-0.3, -0.25) is 14.4 Å². The highest BCUT2D eigenvalue weighted by Gasteiger charge is 2.19. The second-order valence-corrected chi connectivity index (χ2v) is 19.8. The van der Waals surface area contributed by atoms with Crippen LogP contribution in [0.15, 0.2) is 0 Å². The molecular formula is C55H106O6. The SMILES string of the molecule is CCCCCCCCCCCCC(=O)OC[C@@H](COC(=O)CCCCCCCCCCCC(C)C)OC(=O)CCCCCCCCCCCCCCCCCCCCC(C)C. The van der Waals surface area contributed by atoms with Gasteiger partial charge in [-0.15, -0.1) is 0 Å². The zero-order valence-electron chi connectivity index (χ0n) is 41.8. The Bertz CT molecular complexity index is 931. The Hall–Kier alpha value is -1.59. The number of ether oxygens (including phenoxy) is 3. The van der Waals surface area contributed by atoms with Crippen LogP contribution in [0.5, 0.6) is 0 Å². The van der Waals surface area contributed by atoms with Gasteiger partial charge in [0.15, 0.2) is 6.10 Å². The Morgan fingerprint density at radius 2 is 0.541 bits per heavy atom. The molecular weight excluding hydrogens is 757 g/mol. The monoisotopic (exact) mass is 863 g/mol. The molecule has 0 bridgehead atoms. The minimum atomic E-state index is -0.761. The molecule has 0 aliphatic rings. The van der Waals surface area contributed by atoms with E-state index in [1.165, 1.54) is 193 Å². The summed E-state index contributed by atoms with van der Waals surface area (Å²) in [5, 5.41) is 0. The molecule has 0 N–H and O–H groups in total. The van der Waals surface area contributed by atoms with E-state index >= 15 is 0 Å². The molecule has 0 amide bonds. The van der Waals surface area contributed by atoms with Crippen molar-refractivity contribution in [1.82, 2.24) is 0 Å². The largest absolute Gasteiger partial charge is 0.462 e. The third-order valence-corrected chi connectivity index (χ3v) is 12.5. The minimum Gasteiger partial charge on any atom is -0.462 e. The van der Waals surface area contributed by atoms with Crippen LogP contribution in [0, 0.1) is 11.8 Å². The number of hydrogen-bond acceptors (Lipinski definition) is 6. The van der Waals surface area contributed by atoms with Gasteiger partial charge in [0, 0.05) is 19.3 Å². The first-order valence-corrected chi connectivity index (χ1v) is 27.2. The normalized spacial score (nSPS) is 12.0. The molecule has 0 saturated heterocycles. The van der Waals surface area contributed by atoms with Gasteiger partial charge in [0.25, 0.3) is 0 Å². The highest BCUT2D eigenvalue weighted by molar-refractivity contribution is 5.71. The van der Waals surface area contributed by atoms with Gasteiger partial charge in [-0.2, -0.15) is 0 Å². The van der Waals surface area contributed by atoms with Gasteiger partial charge in [0.05, 0.1) is 0 Å². The molecule has 0 aromatic heterocycles. The molecule has 0 fully saturated rings. The Morgan fingerprint density at radius 1 is 0.311 bits per heavy atom. The lowest BCUT2D eigenvalue weighted by molar-refractivity contribution is -0.167. The van der Waals surface area contributed by atoms with E-state index in [1.807, 2.05) is 0 Å². The lowest BCUT2D eigenvalue weighted by Crippen LogP contribution is -2.30. The van der Waals surface area contributed by atoms with Crippen molar-refractivity contribution in [3.05, 3.63) is 0 Å². The summed E-state index contributed by atoms with van der Waals surface area (Å²) >= 11 is 0. The van der Waals surface area contributed by atoms with Gasteiger partial charge >= 0.3 is 17.9 Å². The smallest absolute Gasteiger partial charge is 0.306 e. The van der Waals surface area contributed by atoms with Gasteiger partial charge in [0.1, 0.15) is 13.2 Å². The standard InChI is InChI=1S/C55H106O6/c1-6-7-8-9-10-11-25-30-35-40-45-53(56)59-48-52(49-60-54(57)46-41-36-31-27-22-24-29-34-39-44-51(4)5)61-55(58)47-42-37-32-26-21-19-17-15-13-12-14-16-18-20-23-28-33-38-43-50(2)3/h50-52H,6-49H2,1-5H3/t52-/m0/s1. The van der Waals surface area contributed by atoms with Crippen molar-refractivity contribution < 1.29 is 28.6 Å². The predicted octanol–water partition coefficient (Wildman–Crippen LogP) is 17.7. The van der Waals surface area contributed by atoms with Gasteiger partial charge in [-0.05, 0) is 31.1 Å². The zero-order chi connectivity index (χ0) is 44.7. The number of esters is 3. The summed E-state index contributed by atoms with van der Waals surface area (Å²) in [4.78, 5) is 37.9. The highest BCUT2D eigenvalue weighted by Crippen LogP contribution is 2.18. The van der Waals surface area contributed by atoms with Crippen LogP contribution in [0.2, 0.25) is 0 Å². The first-order chi connectivity index (χ1) is 29.7. The van der Waals surface area contributed by atoms with Crippen LogP contribution in [0.3, 0.4) is 0 Å². The maximum absolute atomic E-state index is 12.8. The number of carbonyl (C=O) groups is 3. The first kappa shape index (κ1) is 59.4. The first-order valence-electron chi connectivity index (χ1n) is 27.2. The van der Waals surface area contributed by atoms with E-state index in [2.05, 4.69) is 34.6 Å². The summed E-state index contributed by atoms with van der Waals surface area (Å²) in [7, 11) is 0. The fourth-order valence-corrected chi connectivity index (χ4v) is 8.34. The van der Waals surface area contributed by atoms with E-state index < -0.39 is 6.10 Å². The molecule has 0 spiro atoms. The average Bonchev–Trinajstić information content (AvgIpc) is 3.23. The van der Waals surface area contributed by atoms with Crippen LogP contribution in [0.25, 0.3) is 0 Å². The maximum atomic E-state index is 12.8. The van der Waals surface area contributed by atoms with Crippen LogP contribution >= 0.6 is 0 Å². The fraction of sp³-hybridized carbons (Fsp3) is 0.945. The third kappa shape index (κ3) is 49.3. The van der Waals surface area contributed by atoms with Crippen molar-refractivity contribution in [3.8, 4) is 0 Å². The zero-order valence-corrected chi connectivity index (χ0v) is 41.8. The van der Waals surface area contributed by atoms with Crippen molar-refractivity contribution in [2.45, 2.75) is 310 Å². The molecule has 0 unspecified atom stereocenters. The van der Waals surface area contributed by atoms with E-state index in [0.29, 0.717) is 19.3 Å². The summed E-state index contributed by atoms with van der Waals surface area (Å²) in [5.41, 5.74) is 0. The number of carbonyl (C=O) groups excluding carboxylic acids is 3. The van der Waals surface area contributed by atoms with Crippen LogP contribution in [-0.2, 0) is 28.6 Å². The Balaban J connectivity index is 4.21.